The maximum Gasteiger partial charge on any atom is 0.0457 e. The number of rotatable bonds is 4. The Morgan fingerprint density at radius 3 is 3.00 bits per heavy atom. The zero-order chi connectivity index (χ0) is 13.1. The third-order valence-corrected chi connectivity index (χ3v) is 3.47. The molecule has 3 heteroatoms. The van der Waals surface area contributed by atoms with E-state index in [9.17, 15) is 0 Å². The minimum absolute atomic E-state index is 0.294. The van der Waals surface area contributed by atoms with Gasteiger partial charge in [-0.25, -0.2) is 0 Å². The first-order chi connectivity index (χ1) is 9.34. The molecule has 0 aliphatic carbocycles. The van der Waals surface area contributed by atoms with Gasteiger partial charge in [0.05, 0.1) is 0 Å². The van der Waals surface area contributed by atoms with Crippen LogP contribution in [-0.2, 0) is 6.54 Å². The average molecular weight is 251 g/mol. The molecule has 2 heterocycles. The Kier molecular flexibility index (Phi) is 3.29. The fraction of sp³-hybridized carbons (Fsp3) is 0.188. The monoisotopic (exact) mass is 251 g/mol. The van der Waals surface area contributed by atoms with Crippen LogP contribution in [0, 0.1) is 0 Å². The van der Waals surface area contributed by atoms with Crippen LogP contribution in [0.4, 0.5) is 0 Å². The summed E-state index contributed by atoms with van der Waals surface area (Å²) in [4.78, 5) is 7.40. The van der Waals surface area contributed by atoms with Gasteiger partial charge in [-0.1, -0.05) is 18.2 Å². The van der Waals surface area contributed by atoms with Crippen molar-refractivity contribution in [1.29, 1.82) is 0 Å². The normalized spacial score (nSPS) is 12.7. The number of aromatic amines is 1. The smallest absolute Gasteiger partial charge is 0.0457 e. The Bertz CT molecular complexity index is 658. The molecular formula is C16H17N3. The van der Waals surface area contributed by atoms with Crippen molar-refractivity contribution in [3.8, 4) is 0 Å². The fourth-order valence-corrected chi connectivity index (χ4v) is 2.32. The van der Waals surface area contributed by atoms with E-state index in [1.165, 1.54) is 22.0 Å². The van der Waals surface area contributed by atoms with Crippen LogP contribution in [0.5, 0.6) is 0 Å². The zero-order valence-electron chi connectivity index (χ0n) is 10.9. The molecule has 0 aliphatic heterocycles. The van der Waals surface area contributed by atoms with E-state index in [-0.39, 0.29) is 0 Å². The molecule has 0 amide bonds. The second kappa shape index (κ2) is 5.24. The van der Waals surface area contributed by atoms with E-state index in [1.807, 2.05) is 18.5 Å². The van der Waals surface area contributed by atoms with Gasteiger partial charge in [-0.15, -0.1) is 0 Å². The van der Waals surface area contributed by atoms with Crippen LogP contribution in [0.2, 0.25) is 0 Å². The Morgan fingerprint density at radius 2 is 2.16 bits per heavy atom. The molecule has 0 saturated carbocycles. The van der Waals surface area contributed by atoms with E-state index in [2.05, 4.69) is 52.5 Å². The quantitative estimate of drug-likeness (QED) is 0.746. The molecular weight excluding hydrogens is 234 g/mol. The van der Waals surface area contributed by atoms with Crippen molar-refractivity contribution >= 4 is 10.9 Å². The van der Waals surface area contributed by atoms with Crippen LogP contribution < -0.4 is 5.32 Å². The van der Waals surface area contributed by atoms with Gasteiger partial charge in [0.15, 0.2) is 0 Å². The summed E-state index contributed by atoms with van der Waals surface area (Å²) in [5, 5.41) is 4.83. The Labute approximate surface area is 112 Å². The van der Waals surface area contributed by atoms with Crippen LogP contribution in [0.15, 0.2) is 55.0 Å². The number of H-pyrrole nitrogens is 1. The van der Waals surface area contributed by atoms with Gasteiger partial charge in [-0.2, -0.15) is 0 Å². The lowest BCUT2D eigenvalue weighted by Crippen LogP contribution is -2.18. The Morgan fingerprint density at radius 1 is 1.21 bits per heavy atom. The first-order valence-corrected chi connectivity index (χ1v) is 6.53. The van der Waals surface area contributed by atoms with Crippen LogP contribution in [-0.4, -0.2) is 9.97 Å². The Hall–Kier alpha value is -2.13. The first kappa shape index (κ1) is 11.9. The molecule has 3 rings (SSSR count). The molecule has 1 unspecified atom stereocenters. The van der Waals surface area contributed by atoms with E-state index in [4.69, 9.17) is 0 Å². The Balaban J connectivity index is 1.74. The molecule has 2 aromatic heterocycles. The molecule has 0 bridgehead atoms. The average Bonchev–Trinajstić information content (AvgIpc) is 2.94. The standard InChI is InChI=1S/C16H17N3/c1-12(13-5-3-8-17-10-13)19-11-14-4-2-6-16-15(14)7-9-18-16/h2-10,12,18-19H,11H2,1H3. The predicted octanol–water partition coefficient (Wildman–Crippen LogP) is 3.41. The summed E-state index contributed by atoms with van der Waals surface area (Å²) < 4.78 is 0. The van der Waals surface area contributed by atoms with Crippen molar-refractivity contribution in [3.63, 3.8) is 0 Å². The molecule has 3 nitrogen and oxygen atoms in total. The number of aromatic nitrogens is 2. The van der Waals surface area contributed by atoms with Gasteiger partial charge in [-0.3, -0.25) is 4.98 Å². The van der Waals surface area contributed by atoms with Crippen molar-refractivity contribution in [3.05, 3.63) is 66.1 Å². The van der Waals surface area contributed by atoms with Gasteiger partial charge in [0.2, 0.25) is 0 Å². The number of nitrogens with one attached hydrogen (secondary N) is 2. The van der Waals surface area contributed by atoms with Crippen LogP contribution in [0.3, 0.4) is 0 Å². The highest BCUT2D eigenvalue weighted by atomic mass is 14.9. The molecule has 3 aromatic rings. The van der Waals surface area contributed by atoms with Crippen molar-refractivity contribution in [1.82, 2.24) is 15.3 Å². The van der Waals surface area contributed by atoms with Gasteiger partial charge in [0.1, 0.15) is 0 Å². The summed E-state index contributed by atoms with van der Waals surface area (Å²) in [5.74, 6) is 0. The minimum atomic E-state index is 0.294. The van der Waals surface area contributed by atoms with Gasteiger partial charge in [0, 0.05) is 42.1 Å². The molecule has 0 aliphatic rings. The van der Waals surface area contributed by atoms with Crippen LogP contribution >= 0.6 is 0 Å². The summed E-state index contributed by atoms with van der Waals surface area (Å²) in [5.41, 5.74) is 3.71. The summed E-state index contributed by atoms with van der Waals surface area (Å²) >= 11 is 0. The largest absolute Gasteiger partial charge is 0.361 e. The van der Waals surface area contributed by atoms with Gasteiger partial charge in [-0.05, 0) is 36.2 Å². The molecule has 96 valence electrons. The van der Waals surface area contributed by atoms with Crippen LogP contribution in [0.1, 0.15) is 24.1 Å². The summed E-state index contributed by atoms with van der Waals surface area (Å²) in [7, 11) is 0. The molecule has 0 spiro atoms. The van der Waals surface area contributed by atoms with E-state index in [1.54, 1.807) is 6.20 Å². The number of nitrogens with zero attached hydrogens (tertiary/aromatic N) is 1. The number of hydrogen-bond acceptors (Lipinski definition) is 2. The molecule has 2 N–H and O–H groups in total. The minimum Gasteiger partial charge on any atom is -0.361 e. The topological polar surface area (TPSA) is 40.7 Å². The summed E-state index contributed by atoms with van der Waals surface area (Å²) in [6.45, 7) is 3.01. The maximum absolute atomic E-state index is 4.16. The van der Waals surface area contributed by atoms with Crippen molar-refractivity contribution in [2.45, 2.75) is 19.5 Å². The number of benzene rings is 1. The number of hydrogen-bond donors (Lipinski definition) is 2. The lowest BCUT2D eigenvalue weighted by Gasteiger charge is -2.14. The van der Waals surface area contributed by atoms with Gasteiger partial charge < -0.3 is 10.3 Å². The van der Waals surface area contributed by atoms with E-state index >= 15 is 0 Å². The third-order valence-electron chi connectivity index (χ3n) is 3.47. The molecule has 0 fully saturated rings. The zero-order valence-corrected chi connectivity index (χ0v) is 10.9. The molecule has 0 saturated heterocycles. The SMILES string of the molecule is CC(NCc1cccc2[nH]ccc12)c1cccnc1. The van der Waals surface area contributed by atoms with Crippen molar-refractivity contribution < 1.29 is 0 Å². The highest BCUT2D eigenvalue weighted by Gasteiger charge is 2.06. The number of pyridine rings is 1. The molecule has 1 atom stereocenters. The second-order valence-corrected chi connectivity index (χ2v) is 4.74. The summed E-state index contributed by atoms with van der Waals surface area (Å²) in [6, 6.07) is 12.8. The first-order valence-electron chi connectivity index (χ1n) is 6.53. The molecule has 1 aromatic carbocycles. The van der Waals surface area contributed by atoms with Crippen LogP contribution in [0.25, 0.3) is 10.9 Å². The second-order valence-electron chi connectivity index (χ2n) is 4.74. The highest BCUT2D eigenvalue weighted by molar-refractivity contribution is 5.82. The van der Waals surface area contributed by atoms with E-state index in [0.717, 1.165) is 6.54 Å². The lowest BCUT2D eigenvalue weighted by molar-refractivity contribution is 0.575. The lowest BCUT2D eigenvalue weighted by atomic mass is 10.1. The van der Waals surface area contributed by atoms with Crippen molar-refractivity contribution in [2.75, 3.05) is 0 Å². The summed E-state index contributed by atoms with van der Waals surface area (Å²) in [6.07, 6.45) is 5.70. The fourth-order valence-electron chi connectivity index (χ4n) is 2.32. The van der Waals surface area contributed by atoms with E-state index < -0.39 is 0 Å². The third kappa shape index (κ3) is 2.51. The van der Waals surface area contributed by atoms with E-state index in [0.29, 0.717) is 6.04 Å². The van der Waals surface area contributed by atoms with Crippen molar-refractivity contribution in [2.24, 2.45) is 0 Å². The van der Waals surface area contributed by atoms with Gasteiger partial charge in [0.25, 0.3) is 0 Å². The highest BCUT2D eigenvalue weighted by Crippen LogP contribution is 2.18. The maximum atomic E-state index is 4.16. The predicted molar refractivity (Wildman–Crippen MR) is 77.8 cm³/mol. The molecule has 0 radical (unpaired) electrons. The molecule has 19 heavy (non-hydrogen) atoms. The van der Waals surface area contributed by atoms with Gasteiger partial charge >= 0.3 is 0 Å². The number of fused-ring (bicyclic) bond motifs is 1.